The van der Waals surface area contributed by atoms with Gasteiger partial charge in [0.15, 0.2) is 0 Å². The lowest BCUT2D eigenvalue weighted by Crippen LogP contribution is -2.17. The number of rotatable bonds is 5. The topological polar surface area (TPSA) is 76.1 Å². The summed E-state index contributed by atoms with van der Waals surface area (Å²) >= 11 is 0. The van der Waals surface area contributed by atoms with Gasteiger partial charge in [-0.15, -0.1) is 0 Å². The van der Waals surface area contributed by atoms with Crippen LogP contribution in [0.2, 0.25) is 0 Å². The van der Waals surface area contributed by atoms with Gasteiger partial charge in [-0.05, 0) is 6.92 Å². The van der Waals surface area contributed by atoms with E-state index >= 15 is 0 Å². The van der Waals surface area contributed by atoms with E-state index in [0.29, 0.717) is 18.2 Å². The average Bonchev–Trinajstić information content (AvgIpc) is 2.27. The zero-order valence-electron chi connectivity index (χ0n) is 8.78. The highest BCUT2D eigenvalue weighted by molar-refractivity contribution is 5.74. The van der Waals surface area contributed by atoms with Crippen LogP contribution in [-0.2, 0) is 9.53 Å². The maximum Gasteiger partial charge on any atom is 0.325 e. The summed E-state index contributed by atoms with van der Waals surface area (Å²) in [5.41, 5.74) is 0. The molecule has 1 aromatic rings. The van der Waals surface area contributed by atoms with Crippen molar-refractivity contribution in [2.24, 2.45) is 0 Å². The summed E-state index contributed by atoms with van der Waals surface area (Å²) in [7, 11) is 1.75. The number of hydrogen-bond donors (Lipinski definition) is 2. The summed E-state index contributed by atoms with van der Waals surface area (Å²) in [6, 6.07) is 0. The van der Waals surface area contributed by atoms with Crippen LogP contribution >= 0.6 is 0 Å². The summed E-state index contributed by atoms with van der Waals surface area (Å²) in [6.45, 7) is 2.23. The Morgan fingerprint density at radius 3 is 2.87 bits per heavy atom. The van der Waals surface area contributed by atoms with Gasteiger partial charge in [-0.2, -0.15) is 0 Å². The van der Waals surface area contributed by atoms with E-state index in [0.717, 1.165) is 0 Å². The number of esters is 1. The van der Waals surface area contributed by atoms with Crippen molar-refractivity contribution >= 4 is 17.6 Å². The van der Waals surface area contributed by atoms with Crippen LogP contribution in [0.15, 0.2) is 12.4 Å². The van der Waals surface area contributed by atoms with E-state index in [4.69, 9.17) is 4.74 Å². The van der Waals surface area contributed by atoms with Gasteiger partial charge in [0.05, 0.1) is 19.0 Å². The molecule has 0 saturated carbocycles. The highest BCUT2D eigenvalue weighted by Crippen LogP contribution is 2.04. The van der Waals surface area contributed by atoms with Crippen LogP contribution in [0, 0.1) is 0 Å². The molecule has 0 aliphatic rings. The lowest BCUT2D eigenvalue weighted by Gasteiger charge is -2.05. The predicted octanol–water partition coefficient (Wildman–Crippen LogP) is 0.493. The molecular formula is C9H14N4O2. The molecule has 1 aromatic heterocycles. The maximum absolute atomic E-state index is 11.0. The van der Waals surface area contributed by atoms with Crippen molar-refractivity contribution in [3.63, 3.8) is 0 Å². The number of ether oxygens (including phenoxy) is 1. The van der Waals surface area contributed by atoms with Crippen LogP contribution in [0.4, 0.5) is 11.6 Å². The Morgan fingerprint density at radius 1 is 1.47 bits per heavy atom. The molecule has 15 heavy (non-hydrogen) atoms. The molecule has 0 unspecified atom stereocenters. The van der Waals surface area contributed by atoms with Gasteiger partial charge in [0, 0.05) is 7.05 Å². The number of anilines is 2. The number of aromatic nitrogens is 2. The largest absolute Gasteiger partial charge is 0.465 e. The zero-order valence-corrected chi connectivity index (χ0v) is 8.78. The summed E-state index contributed by atoms with van der Waals surface area (Å²) in [4.78, 5) is 19.1. The van der Waals surface area contributed by atoms with Crippen molar-refractivity contribution in [1.82, 2.24) is 9.97 Å². The summed E-state index contributed by atoms with van der Waals surface area (Å²) in [5.74, 6) is 0.868. The minimum absolute atomic E-state index is 0.0929. The van der Waals surface area contributed by atoms with E-state index in [9.17, 15) is 4.79 Å². The first-order valence-electron chi connectivity index (χ1n) is 4.65. The molecule has 1 heterocycles. The molecule has 0 atom stereocenters. The van der Waals surface area contributed by atoms with Crippen LogP contribution in [0.5, 0.6) is 0 Å². The number of carbonyl (C=O) groups excluding carboxylic acids is 1. The second-order valence-electron chi connectivity index (χ2n) is 2.70. The van der Waals surface area contributed by atoms with Crippen molar-refractivity contribution < 1.29 is 9.53 Å². The highest BCUT2D eigenvalue weighted by atomic mass is 16.5. The average molecular weight is 210 g/mol. The van der Waals surface area contributed by atoms with E-state index in [1.807, 2.05) is 0 Å². The first-order valence-corrected chi connectivity index (χ1v) is 4.65. The Labute approximate surface area is 88.1 Å². The Kier molecular flexibility index (Phi) is 4.33. The normalized spacial score (nSPS) is 9.47. The van der Waals surface area contributed by atoms with Crippen LogP contribution < -0.4 is 10.6 Å². The van der Waals surface area contributed by atoms with Crippen LogP contribution in [0.25, 0.3) is 0 Å². The van der Waals surface area contributed by atoms with E-state index < -0.39 is 0 Å². The lowest BCUT2D eigenvalue weighted by atomic mass is 10.5. The van der Waals surface area contributed by atoms with Gasteiger partial charge in [0.1, 0.15) is 18.2 Å². The summed E-state index contributed by atoms with van der Waals surface area (Å²) in [5, 5.41) is 5.67. The van der Waals surface area contributed by atoms with Gasteiger partial charge < -0.3 is 15.4 Å². The minimum Gasteiger partial charge on any atom is -0.465 e. The van der Waals surface area contributed by atoms with Gasteiger partial charge in [-0.1, -0.05) is 0 Å². The summed E-state index contributed by atoms with van der Waals surface area (Å²) < 4.78 is 4.75. The molecule has 0 bridgehead atoms. The van der Waals surface area contributed by atoms with Crippen LogP contribution in [-0.4, -0.2) is 36.1 Å². The molecule has 0 aromatic carbocycles. The fraction of sp³-hybridized carbons (Fsp3) is 0.444. The minimum atomic E-state index is -0.311. The first kappa shape index (κ1) is 11.2. The lowest BCUT2D eigenvalue weighted by molar-refractivity contribution is -0.140. The Morgan fingerprint density at radius 2 is 2.20 bits per heavy atom. The molecule has 6 nitrogen and oxygen atoms in total. The quantitative estimate of drug-likeness (QED) is 0.689. The number of hydrogen-bond acceptors (Lipinski definition) is 6. The van der Waals surface area contributed by atoms with Crippen molar-refractivity contribution in [3.8, 4) is 0 Å². The van der Waals surface area contributed by atoms with Gasteiger partial charge in [-0.3, -0.25) is 9.78 Å². The predicted molar refractivity (Wildman–Crippen MR) is 56.7 cm³/mol. The smallest absolute Gasteiger partial charge is 0.325 e. The van der Waals surface area contributed by atoms with Gasteiger partial charge >= 0.3 is 5.97 Å². The Bertz CT molecular complexity index is 330. The van der Waals surface area contributed by atoms with E-state index in [1.54, 1.807) is 26.4 Å². The summed E-state index contributed by atoms with van der Waals surface area (Å²) in [6.07, 6.45) is 3.13. The third kappa shape index (κ3) is 3.80. The van der Waals surface area contributed by atoms with E-state index in [-0.39, 0.29) is 12.5 Å². The molecule has 82 valence electrons. The fourth-order valence-corrected chi connectivity index (χ4v) is 0.946. The molecular weight excluding hydrogens is 196 g/mol. The van der Waals surface area contributed by atoms with Crippen LogP contribution in [0.1, 0.15) is 6.92 Å². The second-order valence-corrected chi connectivity index (χ2v) is 2.70. The number of nitrogens with zero attached hydrogens (tertiary/aromatic N) is 2. The van der Waals surface area contributed by atoms with Gasteiger partial charge in [0.25, 0.3) is 0 Å². The maximum atomic E-state index is 11.0. The van der Waals surface area contributed by atoms with Crippen molar-refractivity contribution in [3.05, 3.63) is 12.4 Å². The third-order valence-corrected chi connectivity index (χ3v) is 1.61. The van der Waals surface area contributed by atoms with E-state index in [2.05, 4.69) is 20.6 Å². The van der Waals surface area contributed by atoms with Crippen molar-refractivity contribution in [1.29, 1.82) is 0 Å². The molecule has 0 radical (unpaired) electrons. The molecule has 0 amide bonds. The van der Waals surface area contributed by atoms with Gasteiger partial charge in [-0.25, -0.2) is 4.98 Å². The fourth-order valence-electron chi connectivity index (χ4n) is 0.946. The highest BCUT2D eigenvalue weighted by Gasteiger charge is 2.02. The molecule has 1 rings (SSSR count). The number of carbonyl (C=O) groups is 1. The van der Waals surface area contributed by atoms with E-state index in [1.165, 1.54) is 0 Å². The SMILES string of the molecule is CCOC(=O)CNc1cncc(NC)n1. The molecule has 0 saturated heterocycles. The molecule has 0 spiro atoms. The molecule has 0 aliphatic heterocycles. The van der Waals surface area contributed by atoms with Crippen molar-refractivity contribution in [2.45, 2.75) is 6.92 Å². The van der Waals surface area contributed by atoms with Crippen LogP contribution in [0.3, 0.4) is 0 Å². The standard InChI is InChI=1S/C9H14N4O2/c1-3-15-9(14)6-12-8-5-11-4-7(10-2)13-8/h4-5H,3,6H2,1-2H3,(H2,10,12,13). The number of nitrogens with one attached hydrogen (secondary N) is 2. The Hall–Kier alpha value is -1.85. The second kappa shape index (κ2) is 5.79. The first-order chi connectivity index (χ1) is 7.26. The zero-order chi connectivity index (χ0) is 11.1. The monoisotopic (exact) mass is 210 g/mol. The Balaban J connectivity index is 2.46. The molecule has 0 fully saturated rings. The molecule has 0 aliphatic carbocycles. The van der Waals surface area contributed by atoms with Crippen molar-refractivity contribution in [2.75, 3.05) is 30.8 Å². The van der Waals surface area contributed by atoms with Gasteiger partial charge in [0.2, 0.25) is 0 Å². The molecule has 2 N–H and O–H groups in total. The third-order valence-electron chi connectivity index (χ3n) is 1.61. The molecule has 6 heteroatoms.